The predicted molar refractivity (Wildman–Crippen MR) is 182 cm³/mol. The average molecular weight is 603 g/mol. The fraction of sp³-hybridized carbons (Fsp3) is 1.00. The first-order chi connectivity index (χ1) is 16.4. The van der Waals surface area contributed by atoms with E-state index in [1.165, 1.54) is 96.3 Å². The van der Waals surface area contributed by atoms with Gasteiger partial charge in [-0.25, -0.2) is 8.42 Å². The van der Waals surface area contributed by atoms with Crippen LogP contribution in [0.3, 0.4) is 0 Å². The van der Waals surface area contributed by atoms with Crippen molar-refractivity contribution >= 4 is 25.7 Å². The van der Waals surface area contributed by atoms with Gasteiger partial charge in [0.1, 0.15) is 0 Å². The van der Waals surface area contributed by atoms with Crippen LogP contribution in [0.25, 0.3) is 0 Å². The van der Waals surface area contributed by atoms with Crippen LogP contribution in [0.1, 0.15) is 153 Å². The normalized spacial score (nSPS) is 11.5. The van der Waals surface area contributed by atoms with E-state index in [0.29, 0.717) is 0 Å². The lowest BCUT2D eigenvalue weighted by Crippen LogP contribution is -2.29. The van der Waals surface area contributed by atoms with Gasteiger partial charge in [-0.15, -0.1) is 0 Å². The summed E-state index contributed by atoms with van der Waals surface area (Å²) < 4.78 is 33.8. The maximum Gasteiger partial charge on any atom is 0.217 e. The van der Waals surface area contributed by atoms with Crippen molar-refractivity contribution in [1.29, 1.82) is 0 Å². The van der Waals surface area contributed by atoms with Crippen molar-refractivity contribution in [3.63, 3.8) is 0 Å². The summed E-state index contributed by atoms with van der Waals surface area (Å²) in [5.74, 6) is 0. The monoisotopic (exact) mass is 602 g/mol. The van der Waals surface area contributed by atoms with Gasteiger partial charge in [-0.3, -0.25) is 4.18 Å². The number of unbranched alkanes of at least 4 members (excludes halogenated alkanes) is 12. The summed E-state index contributed by atoms with van der Waals surface area (Å²) in [5, 5.41) is 0. The topological polar surface area (TPSA) is 66.4 Å². The zero-order chi connectivity index (χ0) is 27.1. The highest BCUT2D eigenvalue weighted by Gasteiger charge is 2.34. The minimum Gasteiger partial charge on any atom is -0.726 e. The summed E-state index contributed by atoms with van der Waals surface area (Å²) in [7, 11) is -6.66. The van der Waals surface area contributed by atoms with Crippen molar-refractivity contribution in [3.05, 3.63) is 0 Å². The Bertz CT molecular complexity index is 529. The van der Waals surface area contributed by atoms with E-state index in [1.54, 1.807) is 31.1 Å². The third-order valence-electron chi connectivity index (χ3n) is 6.58. The van der Waals surface area contributed by atoms with Crippen molar-refractivity contribution in [3.8, 4) is 0 Å². The van der Waals surface area contributed by atoms with Crippen LogP contribution in [0.2, 0.25) is 19.6 Å². The average Bonchev–Trinajstić information content (AvgIpc) is 2.79. The molecule has 238 valence electrons. The largest absolute Gasteiger partial charge is 0.726 e. The van der Waals surface area contributed by atoms with Gasteiger partial charge in [0, 0.05) is 7.26 Å². The second-order valence-electron chi connectivity index (χ2n) is 11.7. The molecule has 0 spiro atoms. The molecule has 0 aromatic carbocycles. The molecule has 0 amide bonds. The van der Waals surface area contributed by atoms with Crippen molar-refractivity contribution in [2.45, 2.75) is 172 Å². The van der Waals surface area contributed by atoms with Crippen LogP contribution in [0.4, 0.5) is 0 Å². The molecule has 0 aromatic rings. The molecule has 0 rings (SSSR count). The predicted octanol–water partition coefficient (Wildman–Crippen LogP) is 11.6. The van der Waals surface area contributed by atoms with Crippen LogP contribution in [0.5, 0.6) is 0 Å². The quantitative estimate of drug-likeness (QED) is 0.0383. The first kappa shape index (κ1) is 48.3. The third-order valence-corrected chi connectivity index (χ3v) is 13.3. The summed E-state index contributed by atoms with van der Waals surface area (Å²) in [5.41, 5.74) is 0. The van der Waals surface area contributed by atoms with Crippen LogP contribution < -0.4 is 0 Å². The molecule has 0 aromatic heterocycles. The molecular formula is C31H75O4PSSi. The zero-order valence-corrected chi connectivity index (χ0v) is 27.5. The van der Waals surface area contributed by atoms with Crippen molar-refractivity contribution < 1.29 is 17.2 Å². The molecule has 0 aliphatic heterocycles. The molecule has 38 heavy (non-hydrogen) atoms. The lowest BCUT2D eigenvalue weighted by atomic mass is 10.1. The molecule has 0 fully saturated rings. The molecule has 0 N–H and O–H groups in total. The van der Waals surface area contributed by atoms with Crippen molar-refractivity contribution in [2.24, 2.45) is 0 Å². The smallest absolute Gasteiger partial charge is 0.217 e. The molecule has 0 aliphatic rings. The van der Waals surface area contributed by atoms with E-state index in [9.17, 15) is 13.0 Å². The molecule has 0 atom stereocenters. The van der Waals surface area contributed by atoms with Crippen LogP contribution in [-0.4, -0.2) is 51.9 Å². The molecule has 0 unspecified atom stereocenters. The minimum absolute atomic E-state index is 0. The SMILES string of the molecule is C.C.C.CCCCCCCCCCCC[P+](CCCC)(CCCC)CCCC.C[Si](C)(C)COS(=O)(=O)[O-]. The number of rotatable bonds is 23. The van der Waals surface area contributed by atoms with E-state index in [-0.39, 0.29) is 28.5 Å². The lowest BCUT2D eigenvalue weighted by molar-refractivity contribution is 0.296. The fourth-order valence-corrected chi connectivity index (χ4v) is 11.5. The standard InChI is InChI=1S/C24H52P.C4H12O4SSi.3CH4/c1-5-9-13-14-15-16-17-18-19-20-24-25(21-10-6-2,22-11-7-3)23-12-8-4;1-10(2,3)4-8-9(5,6)7;;;/h5-24H2,1-4H3;4H2,1-3H3,(H,5,6,7);3*1H4/q+1;;;;/p-1. The molecule has 7 heteroatoms. The minimum atomic E-state index is -4.47. The highest BCUT2D eigenvalue weighted by Crippen LogP contribution is 2.61. The van der Waals surface area contributed by atoms with E-state index in [1.807, 2.05) is 19.6 Å². The summed E-state index contributed by atoms with van der Waals surface area (Å²) in [4.78, 5) is 0. The van der Waals surface area contributed by atoms with Crippen LogP contribution in [0, 0.1) is 0 Å². The Morgan fingerprint density at radius 1 is 0.553 bits per heavy atom. The molecule has 4 nitrogen and oxygen atoms in total. The highest BCUT2D eigenvalue weighted by atomic mass is 32.3. The Labute approximate surface area is 245 Å². The maximum absolute atomic E-state index is 9.92. The van der Waals surface area contributed by atoms with Gasteiger partial charge >= 0.3 is 0 Å². The van der Waals surface area contributed by atoms with Gasteiger partial charge in [0.25, 0.3) is 0 Å². The molecule has 0 aliphatic carbocycles. The van der Waals surface area contributed by atoms with Crippen LogP contribution >= 0.6 is 7.26 Å². The van der Waals surface area contributed by atoms with Crippen LogP contribution in [-0.2, 0) is 14.6 Å². The maximum atomic E-state index is 9.92. The van der Waals surface area contributed by atoms with E-state index < -0.39 is 25.7 Å². The molecule has 0 saturated carbocycles. The van der Waals surface area contributed by atoms with Crippen LogP contribution in [0.15, 0.2) is 0 Å². The molecule has 0 saturated heterocycles. The Balaban J connectivity index is -0.000000238. The van der Waals surface area contributed by atoms with Crippen molar-refractivity contribution in [1.82, 2.24) is 0 Å². The summed E-state index contributed by atoms with van der Waals surface area (Å²) >= 11 is 0. The van der Waals surface area contributed by atoms with Gasteiger partial charge in [-0.05, 0) is 32.1 Å². The lowest BCUT2D eigenvalue weighted by Gasteiger charge is -2.28. The Morgan fingerprint density at radius 3 is 1.11 bits per heavy atom. The Morgan fingerprint density at radius 2 is 0.842 bits per heavy atom. The fourth-order valence-electron chi connectivity index (χ4n) is 4.33. The Kier molecular flexibility index (Phi) is 38.7. The zero-order valence-electron chi connectivity index (χ0n) is 24.8. The van der Waals surface area contributed by atoms with Gasteiger partial charge < -0.3 is 4.55 Å². The first-order valence-corrected chi connectivity index (χ1v) is 22.5. The van der Waals surface area contributed by atoms with Gasteiger partial charge in [0.15, 0.2) is 0 Å². The van der Waals surface area contributed by atoms with Gasteiger partial charge in [-0.2, -0.15) is 0 Å². The summed E-state index contributed by atoms with van der Waals surface area (Å²) in [6.45, 7) is 15.2. The first-order valence-electron chi connectivity index (χ1n) is 14.9. The van der Waals surface area contributed by atoms with E-state index in [4.69, 9.17) is 0 Å². The molecule has 0 heterocycles. The third kappa shape index (κ3) is 36.5. The molecule has 0 radical (unpaired) electrons. The second-order valence-corrected chi connectivity index (χ2v) is 22.6. The summed E-state index contributed by atoms with van der Waals surface area (Å²) in [6.07, 6.45) is 30.0. The molecule has 0 bridgehead atoms. The number of hydrogen-bond donors (Lipinski definition) is 0. The summed E-state index contributed by atoms with van der Waals surface area (Å²) in [6, 6.07) is 0. The van der Waals surface area contributed by atoms with Gasteiger partial charge in [-0.1, -0.05) is 140 Å². The highest BCUT2D eigenvalue weighted by molar-refractivity contribution is 7.80. The van der Waals surface area contributed by atoms with E-state index in [0.717, 1.165) is 0 Å². The van der Waals surface area contributed by atoms with Gasteiger partial charge in [0.2, 0.25) is 10.4 Å². The van der Waals surface area contributed by atoms with E-state index >= 15 is 0 Å². The van der Waals surface area contributed by atoms with Crippen molar-refractivity contribution in [2.75, 3.05) is 30.9 Å². The van der Waals surface area contributed by atoms with E-state index in [2.05, 4.69) is 31.9 Å². The second kappa shape index (κ2) is 30.5. The Hall–Kier alpha value is 0.517. The number of hydrogen-bond acceptors (Lipinski definition) is 4. The molecular weight excluding hydrogens is 527 g/mol. The van der Waals surface area contributed by atoms with Gasteiger partial charge in [0.05, 0.1) is 39.0 Å².